The van der Waals surface area contributed by atoms with E-state index in [0.717, 1.165) is 5.56 Å². The third kappa shape index (κ3) is 3.88. The first kappa shape index (κ1) is 21.2. The summed E-state index contributed by atoms with van der Waals surface area (Å²) in [6.45, 7) is 0.382. The van der Waals surface area contributed by atoms with E-state index in [1.165, 1.54) is 6.07 Å². The summed E-state index contributed by atoms with van der Waals surface area (Å²) in [6.07, 6.45) is 1.59. The molecule has 2 heterocycles. The number of aromatic nitrogens is 3. The van der Waals surface area contributed by atoms with Gasteiger partial charge in [-0.1, -0.05) is 53.5 Å². The lowest BCUT2D eigenvalue weighted by Gasteiger charge is -2.12. The number of benzene rings is 3. The molecule has 3 aromatic carbocycles. The molecular formula is C25H16Cl2FN3O2. The molecule has 5 nitrogen and oxygen atoms in total. The summed E-state index contributed by atoms with van der Waals surface area (Å²) >= 11 is 12.2. The molecule has 0 unspecified atom stereocenters. The molecule has 0 aliphatic heterocycles. The van der Waals surface area contributed by atoms with Gasteiger partial charge in [0, 0.05) is 38.6 Å². The van der Waals surface area contributed by atoms with E-state index in [2.05, 4.69) is 9.97 Å². The van der Waals surface area contributed by atoms with Crippen molar-refractivity contribution in [3.63, 3.8) is 0 Å². The van der Waals surface area contributed by atoms with Crippen LogP contribution in [-0.2, 0) is 6.54 Å². The van der Waals surface area contributed by atoms with Gasteiger partial charge in [-0.2, -0.15) is 0 Å². The molecule has 0 spiro atoms. The number of halogens is 3. The van der Waals surface area contributed by atoms with Gasteiger partial charge < -0.3 is 14.7 Å². The van der Waals surface area contributed by atoms with Crippen molar-refractivity contribution in [1.29, 1.82) is 0 Å². The highest BCUT2D eigenvalue weighted by Gasteiger charge is 2.26. The zero-order chi connectivity index (χ0) is 23.1. The predicted octanol–water partition coefficient (Wildman–Crippen LogP) is 6.89. The first-order valence-corrected chi connectivity index (χ1v) is 10.8. The highest BCUT2D eigenvalue weighted by molar-refractivity contribution is 6.31. The van der Waals surface area contributed by atoms with Crippen LogP contribution in [0.4, 0.5) is 4.39 Å². The molecule has 0 saturated heterocycles. The molecule has 0 bridgehead atoms. The average Bonchev–Trinajstić information content (AvgIpc) is 3.36. The second kappa shape index (κ2) is 8.39. The van der Waals surface area contributed by atoms with E-state index in [-0.39, 0.29) is 11.3 Å². The van der Waals surface area contributed by atoms with E-state index >= 15 is 0 Å². The van der Waals surface area contributed by atoms with Gasteiger partial charge in [0.1, 0.15) is 11.5 Å². The number of carboxylic acid groups (broad SMARTS) is 1. The number of carbonyl (C=O) groups is 1. The van der Waals surface area contributed by atoms with Crippen molar-refractivity contribution >= 4 is 40.1 Å². The number of carboxylic acids is 1. The third-order valence-electron chi connectivity index (χ3n) is 5.44. The normalized spacial score (nSPS) is 11.2. The summed E-state index contributed by atoms with van der Waals surface area (Å²) in [6, 6.07) is 18.7. The molecule has 0 fully saturated rings. The van der Waals surface area contributed by atoms with E-state index in [1.807, 2.05) is 16.7 Å². The molecule has 0 radical (unpaired) electrons. The highest BCUT2D eigenvalue weighted by Crippen LogP contribution is 2.40. The predicted molar refractivity (Wildman–Crippen MR) is 127 cm³/mol. The molecule has 5 rings (SSSR count). The topological polar surface area (TPSA) is 70.9 Å². The second-order valence-corrected chi connectivity index (χ2v) is 8.42. The summed E-state index contributed by atoms with van der Waals surface area (Å²) in [5.74, 6) is -1.59. The van der Waals surface area contributed by atoms with E-state index in [9.17, 15) is 14.3 Å². The van der Waals surface area contributed by atoms with Gasteiger partial charge in [-0.3, -0.25) is 0 Å². The monoisotopic (exact) mass is 479 g/mol. The fraction of sp³-hybridized carbons (Fsp3) is 0.0400. The number of nitrogens with zero attached hydrogens (tertiary/aromatic N) is 2. The van der Waals surface area contributed by atoms with Crippen molar-refractivity contribution in [2.24, 2.45) is 0 Å². The Kier molecular flexibility index (Phi) is 5.40. The number of hydrogen-bond acceptors (Lipinski definition) is 2. The molecule has 0 atom stereocenters. The van der Waals surface area contributed by atoms with Crippen molar-refractivity contribution in [2.75, 3.05) is 0 Å². The van der Waals surface area contributed by atoms with Crippen LogP contribution < -0.4 is 0 Å². The fourth-order valence-corrected chi connectivity index (χ4v) is 4.28. The van der Waals surface area contributed by atoms with Crippen LogP contribution in [0.2, 0.25) is 10.0 Å². The summed E-state index contributed by atoms with van der Waals surface area (Å²) in [7, 11) is 0. The van der Waals surface area contributed by atoms with Crippen molar-refractivity contribution in [3.05, 3.63) is 100 Å². The molecule has 8 heteroatoms. The van der Waals surface area contributed by atoms with Crippen LogP contribution in [0.5, 0.6) is 0 Å². The summed E-state index contributed by atoms with van der Waals surface area (Å²) in [4.78, 5) is 19.7. The zero-order valence-corrected chi connectivity index (χ0v) is 18.5. The SMILES string of the molecule is O=C(O)c1[nH]c2cc(Cl)ccc2c1-c1c(-c2ccccc2F)ncn1Cc1ccc(Cl)cc1. The Balaban J connectivity index is 1.81. The molecule has 5 aromatic rings. The maximum Gasteiger partial charge on any atom is 0.353 e. The Hall–Kier alpha value is -3.61. The molecule has 2 N–H and O–H groups in total. The molecule has 0 saturated carbocycles. The lowest BCUT2D eigenvalue weighted by atomic mass is 10.0. The van der Waals surface area contributed by atoms with Crippen LogP contribution >= 0.6 is 23.2 Å². The van der Waals surface area contributed by atoms with Crippen LogP contribution in [0.1, 0.15) is 16.1 Å². The lowest BCUT2D eigenvalue weighted by molar-refractivity contribution is 0.0692. The Morgan fingerprint density at radius 3 is 2.48 bits per heavy atom. The minimum Gasteiger partial charge on any atom is -0.477 e. The number of fused-ring (bicyclic) bond motifs is 1. The van der Waals surface area contributed by atoms with Crippen LogP contribution in [-0.4, -0.2) is 25.6 Å². The minimum atomic E-state index is -1.14. The first-order chi connectivity index (χ1) is 15.9. The summed E-state index contributed by atoms with van der Waals surface area (Å²) < 4.78 is 16.6. The molecule has 33 heavy (non-hydrogen) atoms. The molecule has 0 amide bonds. The Bertz CT molecular complexity index is 1510. The van der Waals surface area contributed by atoms with Gasteiger partial charge in [-0.05, 0) is 42.0 Å². The largest absolute Gasteiger partial charge is 0.477 e. The zero-order valence-electron chi connectivity index (χ0n) is 17.0. The van der Waals surface area contributed by atoms with E-state index in [0.29, 0.717) is 44.4 Å². The van der Waals surface area contributed by atoms with Gasteiger partial charge in [0.15, 0.2) is 0 Å². The molecule has 0 aliphatic rings. The maximum absolute atomic E-state index is 14.8. The number of nitrogens with one attached hydrogen (secondary N) is 1. The van der Waals surface area contributed by atoms with E-state index < -0.39 is 11.8 Å². The molecule has 0 aliphatic carbocycles. The van der Waals surface area contributed by atoms with Gasteiger partial charge in [0.05, 0.1) is 17.7 Å². The molecule has 2 aromatic heterocycles. The van der Waals surface area contributed by atoms with Gasteiger partial charge >= 0.3 is 5.97 Å². The van der Waals surface area contributed by atoms with E-state index in [4.69, 9.17) is 23.2 Å². The average molecular weight is 480 g/mol. The van der Waals surface area contributed by atoms with Gasteiger partial charge in [-0.15, -0.1) is 0 Å². The highest BCUT2D eigenvalue weighted by atomic mass is 35.5. The van der Waals surface area contributed by atoms with Gasteiger partial charge in [0.2, 0.25) is 0 Å². The number of H-pyrrole nitrogens is 1. The van der Waals surface area contributed by atoms with Crippen molar-refractivity contribution in [3.8, 4) is 22.5 Å². The maximum atomic E-state index is 14.8. The lowest BCUT2D eigenvalue weighted by Crippen LogP contribution is -2.05. The molecular weight excluding hydrogens is 464 g/mol. The second-order valence-electron chi connectivity index (χ2n) is 7.55. The standard InChI is InChI=1S/C25H16Cl2FN3O2/c26-15-7-5-14(6-8-15)12-31-13-29-22(17-3-1-2-4-19(17)28)24(31)21-18-10-9-16(27)11-20(18)30-23(21)25(32)33/h1-11,13,30H,12H2,(H,32,33). The van der Waals surface area contributed by atoms with Crippen molar-refractivity contribution in [2.45, 2.75) is 6.54 Å². The first-order valence-electron chi connectivity index (χ1n) is 10.0. The number of aromatic carboxylic acids is 1. The smallest absolute Gasteiger partial charge is 0.353 e. The number of hydrogen-bond donors (Lipinski definition) is 2. The van der Waals surface area contributed by atoms with E-state index in [1.54, 1.807) is 54.9 Å². The van der Waals surface area contributed by atoms with Crippen molar-refractivity contribution in [1.82, 2.24) is 14.5 Å². The molecule has 164 valence electrons. The van der Waals surface area contributed by atoms with Gasteiger partial charge in [0.25, 0.3) is 0 Å². The minimum absolute atomic E-state index is 0.0253. The van der Waals surface area contributed by atoms with Crippen LogP contribution in [0.15, 0.2) is 73.1 Å². The number of rotatable bonds is 5. The van der Waals surface area contributed by atoms with Crippen molar-refractivity contribution < 1.29 is 14.3 Å². The number of aromatic amines is 1. The quantitative estimate of drug-likeness (QED) is 0.288. The van der Waals surface area contributed by atoms with Gasteiger partial charge in [-0.25, -0.2) is 14.2 Å². The van der Waals surface area contributed by atoms with Crippen LogP contribution in [0.3, 0.4) is 0 Å². The van der Waals surface area contributed by atoms with Crippen LogP contribution in [0.25, 0.3) is 33.4 Å². The summed E-state index contributed by atoms with van der Waals surface area (Å²) in [5.41, 5.74) is 3.00. The number of imidazole rings is 1. The van der Waals surface area contributed by atoms with Crippen LogP contribution in [0, 0.1) is 5.82 Å². The Morgan fingerprint density at radius 2 is 1.76 bits per heavy atom. The Morgan fingerprint density at radius 1 is 1.03 bits per heavy atom. The Labute approximate surface area is 198 Å². The summed E-state index contributed by atoms with van der Waals surface area (Å²) in [5, 5.41) is 11.7. The third-order valence-corrected chi connectivity index (χ3v) is 5.93. The fourth-order valence-electron chi connectivity index (χ4n) is 3.98.